The molecule has 1 aromatic carbocycles. The van der Waals surface area contributed by atoms with E-state index in [-0.39, 0.29) is 17.3 Å². The summed E-state index contributed by atoms with van der Waals surface area (Å²) in [4.78, 5) is 4.32. The van der Waals surface area contributed by atoms with E-state index in [2.05, 4.69) is 48.3 Å². The second-order valence-electron chi connectivity index (χ2n) is 10.4. The highest BCUT2D eigenvalue weighted by atomic mass is 16.5. The Hall–Kier alpha value is -1.97. The lowest BCUT2D eigenvalue weighted by molar-refractivity contribution is -0.122. The average molecular weight is 416 g/mol. The molecule has 3 nitrogen and oxygen atoms in total. The van der Waals surface area contributed by atoms with Crippen LogP contribution in [0.4, 0.5) is 0 Å². The summed E-state index contributed by atoms with van der Waals surface area (Å²) >= 11 is 0. The molecule has 1 saturated carbocycles. The van der Waals surface area contributed by atoms with Crippen LogP contribution in [0.2, 0.25) is 0 Å². The fraction of sp³-hybridized carbons (Fsp3) is 0.536. The van der Waals surface area contributed by atoms with Gasteiger partial charge in [-0.25, -0.2) is 0 Å². The molecular weight excluding hydrogens is 382 g/mol. The number of hydrogen-bond donors (Lipinski definition) is 1. The zero-order valence-corrected chi connectivity index (χ0v) is 18.5. The highest BCUT2D eigenvalue weighted by Crippen LogP contribution is 2.59. The number of aromatic nitrogens is 1. The van der Waals surface area contributed by atoms with Crippen molar-refractivity contribution in [3.05, 3.63) is 65.5 Å². The minimum Gasteiger partial charge on any atom is -0.393 e. The van der Waals surface area contributed by atoms with Gasteiger partial charge in [-0.2, -0.15) is 0 Å². The molecule has 1 aromatic heterocycles. The first-order valence-electron chi connectivity index (χ1n) is 12.2. The van der Waals surface area contributed by atoms with Crippen molar-refractivity contribution >= 4 is 10.8 Å². The second-order valence-corrected chi connectivity index (χ2v) is 10.4. The topological polar surface area (TPSA) is 42.4 Å². The molecule has 6 rings (SSSR count). The third kappa shape index (κ3) is 3.12. The van der Waals surface area contributed by atoms with Crippen molar-refractivity contribution in [2.24, 2.45) is 5.92 Å². The van der Waals surface area contributed by atoms with Crippen LogP contribution in [0.15, 0.2) is 60.0 Å². The number of rotatable bonds is 1. The van der Waals surface area contributed by atoms with Crippen LogP contribution in [0.3, 0.4) is 0 Å². The first-order valence-corrected chi connectivity index (χ1v) is 12.2. The molecule has 1 saturated heterocycles. The number of fused-ring (bicyclic) bond motifs is 1. The van der Waals surface area contributed by atoms with E-state index in [4.69, 9.17) is 4.74 Å². The molecule has 2 fully saturated rings. The van der Waals surface area contributed by atoms with Gasteiger partial charge in [0, 0.05) is 24.2 Å². The molecule has 3 heteroatoms. The van der Waals surface area contributed by atoms with Gasteiger partial charge in [0.15, 0.2) is 0 Å². The van der Waals surface area contributed by atoms with Crippen molar-refractivity contribution in [3.63, 3.8) is 0 Å². The van der Waals surface area contributed by atoms with Gasteiger partial charge in [-0.15, -0.1) is 0 Å². The van der Waals surface area contributed by atoms with E-state index in [1.54, 1.807) is 0 Å². The van der Waals surface area contributed by atoms with E-state index in [1.165, 1.54) is 46.7 Å². The Labute approximate surface area is 185 Å². The summed E-state index contributed by atoms with van der Waals surface area (Å²) in [6.07, 6.45) is 18.1. The molecule has 0 radical (unpaired) electrons. The van der Waals surface area contributed by atoms with Crippen molar-refractivity contribution in [2.45, 2.75) is 87.9 Å². The smallest absolute Gasteiger partial charge is 0.0966 e. The normalized spacial score (nSPS) is 37.7. The monoisotopic (exact) mass is 415 g/mol. The molecule has 162 valence electrons. The van der Waals surface area contributed by atoms with Gasteiger partial charge in [0.1, 0.15) is 0 Å². The predicted octanol–water partition coefficient (Wildman–Crippen LogP) is 6.23. The number of aliphatic hydroxyl groups excluding tert-OH is 1. The van der Waals surface area contributed by atoms with Crippen LogP contribution in [0.25, 0.3) is 10.8 Å². The first-order chi connectivity index (χ1) is 15.1. The lowest BCUT2D eigenvalue weighted by Crippen LogP contribution is -2.48. The molecule has 2 spiro atoms. The molecule has 1 N–H and O–H groups in total. The molecule has 31 heavy (non-hydrogen) atoms. The molecular formula is C28H33NO2. The maximum absolute atomic E-state index is 10.4. The van der Waals surface area contributed by atoms with Crippen LogP contribution in [0, 0.1) is 5.92 Å². The number of ether oxygens (including phenoxy) is 1. The molecule has 2 aliphatic carbocycles. The van der Waals surface area contributed by atoms with Crippen LogP contribution in [-0.4, -0.2) is 27.4 Å². The maximum Gasteiger partial charge on any atom is 0.0966 e. The first kappa shape index (κ1) is 19.7. The summed E-state index contributed by atoms with van der Waals surface area (Å²) in [6.45, 7) is 2.40. The van der Waals surface area contributed by atoms with E-state index in [0.717, 1.165) is 38.5 Å². The number of allylic oxidation sites excluding steroid dienone is 1. The standard InChI is InChI=1S/C28H33NO2/c1-19-5-6-20(22-8-7-21-11-14-29-18-23(21)15-22)3-2-4-25-16-24-9-10-26(30)17-27(24)12-13-28(19,25)31-27/h4,7-8,11,14-16,18-20,26,30H,2-3,5-6,9-10,12-13,17H2,1H3. The summed E-state index contributed by atoms with van der Waals surface area (Å²) in [5.74, 6) is 1.06. The van der Waals surface area contributed by atoms with E-state index in [1.807, 2.05) is 12.4 Å². The van der Waals surface area contributed by atoms with Gasteiger partial charge in [0.25, 0.3) is 0 Å². The molecule has 2 aromatic rings. The lowest BCUT2D eigenvalue weighted by atomic mass is 9.74. The number of benzene rings is 1. The largest absolute Gasteiger partial charge is 0.393 e. The van der Waals surface area contributed by atoms with Gasteiger partial charge >= 0.3 is 0 Å². The molecule has 3 heterocycles. The minimum atomic E-state index is -0.212. The minimum absolute atomic E-state index is 0.150. The quantitative estimate of drug-likeness (QED) is 0.600. The van der Waals surface area contributed by atoms with Gasteiger partial charge in [-0.1, -0.05) is 31.2 Å². The van der Waals surface area contributed by atoms with Gasteiger partial charge in [0.2, 0.25) is 0 Å². The Bertz CT molecular complexity index is 1070. The van der Waals surface area contributed by atoms with Crippen LogP contribution in [-0.2, 0) is 4.74 Å². The number of hydrogen-bond acceptors (Lipinski definition) is 3. The van der Waals surface area contributed by atoms with Crippen LogP contribution >= 0.6 is 0 Å². The zero-order valence-electron chi connectivity index (χ0n) is 18.5. The third-order valence-corrected chi connectivity index (χ3v) is 8.75. The molecule has 5 unspecified atom stereocenters. The van der Waals surface area contributed by atoms with Gasteiger partial charge in [0.05, 0.1) is 17.3 Å². The SMILES string of the molecule is CC1CCC(c2ccc3ccncc3c2)CCC=C2C=C3CCC(O)CC34CCC21O4. The van der Waals surface area contributed by atoms with Crippen molar-refractivity contribution in [3.8, 4) is 0 Å². The molecule has 2 aliphatic heterocycles. The van der Waals surface area contributed by atoms with Crippen LogP contribution < -0.4 is 0 Å². The lowest BCUT2D eigenvalue weighted by Gasteiger charge is -2.47. The second kappa shape index (κ2) is 7.28. The number of aliphatic hydroxyl groups is 1. The van der Waals surface area contributed by atoms with Crippen LogP contribution in [0.1, 0.15) is 76.2 Å². The Kier molecular flexibility index (Phi) is 4.63. The Morgan fingerprint density at radius 2 is 2.00 bits per heavy atom. The van der Waals surface area contributed by atoms with Crippen molar-refractivity contribution in [1.29, 1.82) is 0 Å². The summed E-state index contributed by atoms with van der Waals surface area (Å²) in [5.41, 5.74) is 3.99. The van der Waals surface area contributed by atoms with Crippen LogP contribution in [0.5, 0.6) is 0 Å². The van der Waals surface area contributed by atoms with E-state index < -0.39 is 0 Å². The molecule has 4 aliphatic rings. The highest BCUT2D eigenvalue weighted by Gasteiger charge is 2.58. The highest BCUT2D eigenvalue weighted by molar-refractivity contribution is 5.82. The summed E-state index contributed by atoms with van der Waals surface area (Å²) in [6, 6.07) is 9.03. The predicted molar refractivity (Wildman–Crippen MR) is 124 cm³/mol. The van der Waals surface area contributed by atoms with E-state index in [0.29, 0.717) is 11.8 Å². The zero-order chi connectivity index (χ0) is 21.1. The Balaban J connectivity index is 1.32. The summed E-state index contributed by atoms with van der Waals surface area (Å²) in [7, 11) is 0. The van der Waals surface area contributed by atoms with Gasteiger partial charge < -0.3 is 9.84 Å². The third-order valence-electron chi connectivity index (χ3n) is 8.75. The van der Waals surface area contributed by atoms with Crippen molar-refractivity contribution < 1.29 is 9.84 Å². The van der Waals surface area contributed by atoms with E-state index >= 15 is 0 Å². The van der Waals surface area contributed by atoms with Crippen molar-refractivity contribution in [2.75, 3.05) is 0 Å². The van der Waals surface area contributed by atoms with E-state index in [9.17, 15) is 5.11 Å². The van der Waals surface area contributed by atoms with Gasteiger partial charge in [-0.3, -0.25) is 4.98 Å². The molecule has 0 amide bonds. The number of nitrogens with zero attached hydrogens (tertiary/aromatic N) is 1. The molecule has 5 atom stereocenters. The fourth-order valence-corrected chi connectivity index (χ4v) is 6.91. The summed E-state index contributed by atoms with van der Waals surface area (Å²) in [5, 5.41) is 12.9. The maximum atomic E-state index is 10.4. The Morgan fingerprint density at radius 3 is 2.94 bits per heavy atom. The fourth-order valence-electron chi connectivity index (χ4n) is 6.91. The van der Waals surface area contributed by atoms with Gasteiger partial charge in [-0.05, 0) is 97.4 Å². The average Bonchev–Trinajstić information content (AvgIpc) is 3.13. The Morgan fingerprint density at radius 1 is 1.06 bits per heavy atom. The number of pyridine rings is 1. The van der Waals surface area contributed by atoms with Crippen molar-refractivity contribution in [1.82, 2.24) is 4.98 Å². The summed E-state index contributed by atoms with van der Waals surface area (Å²) < 4.78 is 7.05. The molecule has 2 bridgehead atoms.